The van der Waals surface area contributed by atoms with Crippen LogP contribution in [0.25, 0.3) is 0 Å². The number of thioether (sulfide) groups is 1. The van der Waals surface area contributed by atoms with Gasteiger partial charge in [-0.3, -0.25) is 14.6 Å². The fourth-order valence-electron chi connectivity index (χ4n) is 2.83. The van der Waals surface area contributed by atoms with Crippen molar-refractivity contribution in [3.8, 4) is 0 Å². The molecule has 2 heterocycles. The van der Waals surface area contributed by atoms with E-state index in [1.807, 2.05) is 48.5 Å². The van der Waals surface area contributed by atoms with E-state index in [1.54, 1.807) is 6.92 Å². The highest BCUT2D eigenvalue weighted by atomic mass is 79.9. The number of aliphatic imine (C=N–C) groups is 2. The van der Waals surface area contributed by atoms with Gasteiger partial charge in [-0.1, -0.05) is 39.8 Å². The van der Waals surface area contributed by atoms with Gasteiger partial charge in [0.1, 0.15) is 11.9 Å². The van der Waals surface area contributed by atoms with Gasteiger partial charge in [-0.2, -0.15) is 0 Å². The molecular formula is C19H15BrN4O2S. The molecule has 0 spiro atoms. The van der Waals surface area contributed by atoms with Crippen LogP contribution < -0.4 is 5.32 Å². The van der Waals surface area contributed by atoms with Crippen LogP contribution in [0.5, 0.6) is 0 Å². The first-order valence-electron chi connectivity index (χ1n) is 8.31. The number of nitrogens with one attached hydrogen (secondary N) is 1. The van der Waals surface area contributed by atoms with Crippen molar-refractivity contribution in [2.45, 2.75) is 13.0 Å². The highest BCUT2D eigenvalue weighted by Crippen LogP contribution is 2.33. The minimum absolute atomic E-state index is 0.126. The van der Waals surface area contributed by atoms with Gasteiger partial charge in [-0.25, -0.2) is 9.89 Å². The molecule has 0 aromatic heterocycles. The number of carbonyl (C=O) groups excluding carboxylic acids is 2. The molecule has 0 fully saturated rings. The van der Waals surface area contributed by atoms with Crippen molar-refractivity contribution in [1.29, 1.82) is 0 Å². The van der Waals surface area contributed by atoms with E-state index < -0.39 is 6.04 Å². The number of hydrogen-bond acceptors (Lipinski definition) is 5. The molecule has 0 unspecified atom stereocenters. The number of amidine groups is 2. The summed E-state index contributed by atoms with van der Waals surface area (Å²) in [5, 5.41) is 3.32. The summed E-state index contributed by atoms with van der Waals surface area (Å²) in [4.78, 5) is 35.4. The van der Waals surface area contributed by atoms with E-state index in [9.17, 15) is 9.59 Å². The molecule has 1 N–H and O–H groups in total. The number of benzene rings is 2. The van der Waals surface area contributed by atoms with Gasteiger partial charge in [0, 0.05) is 15.7 Å². The Bertz CT molecular complexity index is 987. The monoisotopic (exact) mass is 442 g/mol. The van der Waals surface area contributed by atoms with Crippen LogP contribution in [-0.2, 0) is 9.59 Å². The lowest BCUT2D eigenvalue weighted by Gasteiger charge is -2.25. The Labute approximate surface area is 168 Å². The number of hydrogen-bond donors (Lipinski definition) is 1. The molecule has 2 aromatic rings. The number of halogens is 1. The standard InChI is InChI=1S/C19H15BrN4O2S/c1-11-18(26)24-17(21-11)14-4-2-3-5-15(14)23-19(24)27-10-16(25)22-13-8-6-12(20)7-9-13/h2-9,11H,10H2,1H3,(H,22,25)/t11-/m0/s1. The van der Waals surface area contributed by atoms with Crippen LogP contribution in [0, 0.1) is 0 Å². The van der Waals surface area contributed by atoms with Gasteiger partial charge in [0.15, 0.2) is 5.17 Å². The highest BCUT2D eigenvalue weighted by molar-refractivity contribution is 9.10. The van der Waals surface area contributed by atoms with Gasteiger partial charge < -0.3 is 5.32 Å². The molecule has 2 amide bonds. The average molecular weight is 443 g/mol. The molecule has 0 saturated carbocycles. The third-order valence-electron chi connectivity index (χ3n) is 4.12. The summed E-state index contributed by atoms with van der Waals surface area (Å²) in [5.41, 5.74) is 2.30. The second kappa shape index (κ2) is 7.28. The Balaban J connectivity index is 1.52. The topological polar surface area (TPSA) is 74.1 Å². The molecule has 0 aliphatic carbocycles. The zero-order valence-electron chi connectivity index (χ0n) is 14.3. The number of fused-ring (bicyclic) bond motifs is 3. The molecule has 2 aliphatic rings. The highest BCUT2D eigenvalue weighted by Gasteiger charge is 2.39. The quantitative estimate of drug-likeness (QED) is 0.785. The van der Waals surface area contributed by atoms with E-state index in [0.29, 0.717) is 16.7 Å². The summed E-state index contributed by atoms with van der Waals surface area (Å²) in [6.45, 7) is 1.76. The lowest BCUT2D eigenvalue weighted by Crippen LogP contribution is -2.41. The average Bonchev–Trinajstić information content (AvgIpc) is 2.97. The van der Waals surface area contributed by atoms with Crippen molar-refractivity contribution in [2.24, 2.45) is 9.98 Å². The summed E-state index contributed by atoms with van der Waals surface area (Å²) in [7, 11) is 0. The Morgan fingerprint density at radius 1 is 1.22 bits per heavy atom. The molecule has 0 bridgehead atoms. The molecule has 1 atom stereocenters. The summed E-state index contributed by atoms with van der Waals surface area (Å²) >= 11 is 4.59. The maximum Gasteiger partial charge on any atom is 0.258 e. The van der Waals surface area contributed by atoms with Gasteiger partial charge in [0.25, 0.3) is 5.91 Å². The zero-order valence-corrected chi connectivity index (χ0v) is 16.8. The summed E-state index contributed by atoms with van der Waals surface area (Å²) in [5.74, 6) is 0.456. The van der Waals surface area contributed by atoms with Crippen LogP contribution in [0.4, 0.5) is 11.4 Å². The van der Waals surface area contributed by atoms with Gasteiger partial charge in [-0.15, -0.1) is 0 Å². The van der Waals surface area contributed by atoms with Crippen molar-refractivity contribution >= 4 is 61.9 Å². The third-order valence-corrected chi connectivity index (χ3v) is 5.59. The largest absolute Gasteiger partial charge is 0.325 e. The van der Waals surface area contributed by atoms with Gasteiger partial charge in [-0.05, 0) is 43.3 Å². The predicted octanol–water partition coefficient (Wildman–Crippen LogP) is 3.80. The van der Waals surface area contributed by atoms with Gasteiger partial charge in [0.05, 0.1) is 11.4 Å². The molecule has 8 heteroatoms. The van der Waals surface area contributed by atoms with Crippen LogP contribution in [0.3, 0.4) is 0 Å². The molecular weight excluding hydrogens is 428 g/mol. The van der Waals surface area contributed by atoms with Crippen molar-refractivity contribution in [2.75, 3.05) is 11.1 Å². The van der Waals surface area contributed by atoms with Crippen molar-refractivity contribution in [3.05, 3.63) is 58.6 Å². The van der Waals surface area contributed by atoms with E-state index in [4.69, 9.17) is 0 Å². The van der Waals surface area contributed by atoms with Crippen molar-refractivity contribution < 1.29 is 9.59 Å². The Hall–Kier alpha value is -2.45. The van der Waals surface area contributed by atoms with Crippen molar-refractivity contribution in [3.63, 3.8) is 0 Å². The molecule has 27 heavy (non-hydrogen) atoms. The number of nitrogens with zero attached hydrogens (tertiary/aromatic N) is 3. The SMILES string of the molecule is C[C@@H]1N=C2c3ccccc3N=C(SCC(=O)Nc3ccc(Br)cc3)N2C1=O. The minimum atomic E-state index is -0.450. The fourth-order valence-corrected chi connectivity index (χ4v) is 3.90. The number of anilines is 1. The van der Waals surface area contributed by atoms with Crippen LogP contribution in [0.1, 0.15) is 12.5 Å². The van der Waals surface area contributed by atoms with Crippen LogP contribution in [-0.4, -0.2) is 39.5 Å². The Morgan fingerprint density at radius 2 is 1.96 bits per heavy atom. The molecule has 136 valence electrons. The number of rotatable bonds is 3. The van der Waals surface area contributed by atoms with Gasteiger partial charge in [0.2, 0.25) is 5.91 Å². The third kappa shape index (κ3) is 3.54. The predicted molar refractivity (Wildman–Crippen MR) is 112 cm³/mol. The first-order valence-corrected chi connectivity index (χ1v) is 10.1. The summed E-state index contributed by atoms with van der Waals surface area (Å²) in [6, 6.07) is 14.5. The lowest BCUT2D eigenvalue weighted by atomic mass is 10.1. The van der Waals surface area contributed by atoms with Gasteiger partial charge >= 0.3 is 0 Å². The van der Waals surface area contributed by atoms with E-state index in [-0.39, 0.29) is 17.6 Å². The van der Waals surface area contributed by atoms with Crippen LogP contribution in [0.15, 0.2) is 63.0 Å². The maximum atomic E-state index is 12.5. The first-order chi connectivity index (χ1) is 13.0. The molecule has 0 saturated heterocycles. The zero-order chi connectivity index (χ0) is 19.0. The Morgan fingerprint density at radius 3 is 2.74 bits per heavy atom. The van der Waals surface area contributed by atoms with Crippen LogP contribution >= 0.6 is 27.7 Å². The maximum absolute atomic E-state index is 12.5. The summed E-state index contributed by atoms with van der Waals surface area (Å²) < 4.78 is 0.943. The minimum Gasteiger partial charge on any atom is -0.325 e. The van der Waals surface area contributed by atoms with E-state index in [0.717, 1.165) is 15.7 Å². The second-order valence-electron chi connectivity index (χ2n) is 6.06. The molecule has 0 radical (unpaired) electrons. The normalized spacial score (nSPS) is 17.8. The number of para-hydroxylation sites is 1. The first kappa shape index (κ1) is 17.9. The second-order valence-corrected chi connectivity index (χ2v) is 7.92. The number of amides is 2. The van der Waals surface area contributed by atoms with E-state index in [2.05, 4.69) is 31.2 Å². The van der Waals surface area contributed by atoms with Crippen LogP contribution in [0.2, 0.25) is 0 Å². The van der Waals surface area contributed by atoms with E-state index in [1.165, 1.54) is 16.7 Å². The molecule has 6 nitrogen and oxygen atoms in total. The smallest absolute Gasteiger partial charge is 0.258 e. The lowest BCUT2D eigenvalue weighted by molar-refractivity contribution is -0.124. The number of carbonyl (C=O) groups is 2. The molecule has 2 aliphatic heterocycles. The summed E-state index contributed by atoms with van der Waals surface area (Å²) in [6.07, 6.45) is 0. The molecule has 4 rings (SSSR count). The van der Waals surface area contributed by atoms with Crippen molar-refractivity contribution in [1.82, 2.24) is 4.90 Å². The van der Waals surface area contributed by atoms with E-state index >= 15 is 0 Å². The Kier molecular flexibility index (Phi) is 4.84. The fraction of sp³-hybridized carbons (Fsp3) is 0.158. The molecule has 2 aromatic carbocycles.